The van der Waals surface area contributed by atoms with Crippen LogP contribution in [0, 0.1) is 5.41 Å². The molecule has 6 rings (SSSR count). The molecule has 1 saturated carbocycles. The van der Waals surface area contributed by atoms with Gasteiger partial charge in [0.2, 0.25) is 11.8 Å². The van der Waals surface area contributed by atoms with Crippen LogP contribution in [0.15, 0.2) is 79.1 Å². The lowest BCUT2D eigenvalue weighted by molar-refractivity contribution is -0.139. The number of pyridine rings is 1. The summed E-state index contributed by atoms with van der Waals surface area (Å²) in [4.78, 5) is 46.2. The smallest absolute Gasteiger partial charge is 0.251 e. The highest BCUT2D eigenvalue weighted by atomic mass is 32.1. The minimum absolute atomic E-state index is 0.0238. The Morgan fingerprint density at radius 2 is 1.85 bits per heavy atom. The van der Waals surface area contributed by atoms with E-state index in [1.54, 1.807) is 46.7 Å². The normalized spacial score (nSPS) is 21.3. The van der Waals surface area contributed by atoms with E-state index in [-0.39, 0.29) is 35.7 Å². The number of hydrogen-bond donors (Lipinski definition) is 2. The Morgan fingerprint density at radius 1 is 1.03 bits per heavy atom. The molecule has 2 fully saturated rings. The van der Waals surface area contributed by atoms with Gasteiger partial charge in [-0.2, -0.15) is 0 Å². The Bertz CT molecular complexity index is 1520. The lowest BCUT2D eigenvalue weighted by Gasteiger charge is -2.27. The van der Waals surface area contributed by atoms with Gasteiger partial charge in [-0.1, -0.05) is 31.2 Å². The first-order valence-corrected chi connectivity index (χ1v) is 13.7. The van der Waals surface area contributed by atoms with Crippen molar-refractivity contribution >= 4 is 39.1 Å². The zero-order valence-corrected chi connectivity index (χ0v) is 22.2. The van der Waals surface area contributed by atoms with Gasteiger partial charge in [0.05, 0.1) is 13.1 Å². The summed E-state index contributed by atoms with van der Waals surface area (Å²) in [6, 6.07) is 19.6. The maximum absolute atomic E-state index is 13.3. The molecule has 2 N–H and O–H groups in total. The minimum atomic E-state index is -0.545. The van der Waals surface area contributed by atoms with Gasteiger partial charge in [0, 0.05) is 39.0 Å². The summed E-state index contributed by atoms with van der Waals surface area (Å²) in [5, 5.41) is 6.79. The van der Waals surface area contributed by atoms with Crippen LogP contribution >= 0.6 is 11.3 Å². The van der Waals surface area contributed by atoms with E-state index in [2.05, 4.69) is 22.5 Å². The Morgan fingerprint density at radius 3 is 2.67 bits per heavy atom. The average Bonchev–Trinajstić information content (AvgIpc) is 3.28. The molecule has 3 heterocycles. The molecule has 8 nitrogen and oxygen atoms in total. The van der Waals surface area contributed by atoms with Crippen LogP contribution < -0.4 is 15.4 Å². The standard InChI is InChI=1S/C30H28N4O4S/c1-30-14-24(29(37)32-17-23-13-20-16-31-11-10-25(20)39-23)34(26(30)15-30)27(35)18-33-28(36)19-6-5-9-22(12-19)38-21-7-3-2-4-8-21/h2-13,16,24,26H,14-15,17-18H2,1H3,(H,32,37)(H,33,36)/t24-,26?,30-/m0/s1. The van der Waals surface area contributed by atoms with Crippen molar-refractivity contribution in [3.05, 3.63) is 89.6 Å². The first-order valence-electron chi connectivity index (χ1n) is 12.9. The van der Waals surface area contributed by atoms with Crippen LogP contribution in [0.4, 0.5) is 0 Å². The average molecular weight is 541 g/mol. The second-order valence-corrected chi connectivity index (χ2v) is 11.5. The van der Waals surface area contributed by atoms with Crippen LogP contribution in [0.3, 0.4) is 0 Å². The topological polar surface area (TPSA) is 101 Å². The second-order valence-electron chi connectivity index (χ2n) is 10.4. The predicted octanol–water partition coefficient (Wildman–Crippen LogP) is 4.51. The van der Waals surface area contributed by atoms with E-state index in [0.717, 1.165) is 21.4 Å². The first kappa shape index (κ1) is 25.1. The molecule has 2 aliphatic rings. The van der Waals surface area contributed by atoms with Gasteiger partial charge in [0.1, 0.15) is 17.5 Å². The van der Waals surface area contributed by atoms with Gasteiger partial charge in [0.15, 0.2) is 0 Å². The third-order valence-electron chi connectivity index (χ3n) is 7.51. The largest absolute Gasteiger partial charge is 0.457 e. The highest BCUT2D eigenvalue weighted by molar-refractivity contribution is 7.19. The van der Waals surface area contributed by atoms with E-state index in [0.29, 0.717) is 30.0 Å². The Labute approximate surface area is 230 Å². The number of piperidine rings is 1. The van der Waals surface area contributed by atoms with Gasteiger partial charge >= 0.3 is 0 Å². The SMILES string of the molecule is C[C@]12CC1N(C(=O)CNC(=O)c1cccc(Oc3ccccc3)c1)[C@H](C(=O)NCc1cc3cnccc3s1)C2. The molecule has 2 aromatic heterocycles. The van der Waals surface area contributed by atoms with Gasteiger partial charge in [-0.15, -0.1) is 11.3 Å². The third-order valence-corrected chi connectivity index (χ3v) is 8.62. The zero-order chi connectivity index (χ0) is 27.0. The minimum Gasteiger partial charge on any atom is -0.457 e. The number of carbonyl (C=O) groups excluding carboxylic acids is 3. The molecule has 3 amide bonds. The van der Waals surface area contributed by atoms with Crippen LogP contribution in [0.2, 0.25) is 0 Å². The van der Waals surface area contributed by atoms with E-state index in [1.807, 2.05) is 48.7 Å². The van der Waals surface area contributed by atoms with Gasteiger partial charge < -0.3 is 20.3 Å². The van der Waals surface area contributed by atoms with E-state index >= 15 is 0 Å². The maximum atomic E-state index is 13.3. The number of para-hydroxylation sites is 1. The molecule has 1 unspecified atom stereocenters. The Hall–Kier alpha value is -4.24. The lowest BCUT2D eigenvalue weighted by Crippen LogP contribution is -2.50. The van der Waals surface area contributed by atoms with Crippen molar-refractivity contribution in [3.8, 4) is 11.5 Å². The second kappa shape index (κ2) is 10.1. The van der Waals surface area contributed by atoms with Crippen LogP contribution in [0.1, 0.15) is 35.0 Å². The quantitative estimate of drug-likeness (QED) is 0.342. The third kappa shape index (κ3) is 5.22. The van der Waals surface area contributed by atoms with Crippen LogP contribution in [0.5, 0.6) is 11.5 Å². The number of amides is 3. The molecule has 9 heteroatoms. The van der Waals surface area contributed by atoms with Crippen LogP contribution in [0.25, 0.3) is 10.1 Å². The number of likely N-dealkylation sites (tertiary alicyclic amines) is 1. The van der Waals surface area contributed by atoms with Crippen molar-refractivity contribution in [1.82, 2.24) is 20.5 Å². The van der Waals surface area contributed by atoms with Gasteiger partial charge in [-0.25, -0.2) is 0 Å². The highest BCUT2D eigenvalue weighted by Crippen LogP contribution is 2.59. The number of ether oxygens (including phenoxy) is 1. The summed E-state index contributed by atoms with van der Waals surface area (Å²) < 4.78 is 6.94. The van der Waals surface area contributed by atoms with Crippen molar-refractivity contribution in [2.24, 2.45) is 5.41 Å². The molecule has 39 heavy (non-hydrogen) atoms. The van der Waals surface area contributed by atoms with Gasteiger partial charge in [-0.3, -0.25) is 19.4 Å². The number of fused-ring (bicyclic) bond motifs is 2. The number of benzene rings is 2. The molecule has 198 valence electrons. The number of nitrogens with zero attached hydrogens (tertiary/aromatic N) is 2. The fourth-order valence-electron chi connectivity index (χ4n) is 5.35. The molecule has 0 bridgehead atoms. The van der Waals surface area contributed by atoms with Crippen molar-refractivity contribution in [1.29, 1.82) is 0 Å². The van der Waals surface area contributed by atoms with Crippen molar-refractivity contribution in [2.45, 2.75) is 38.4 Å². The van der Waals surface area contributed by atoms with E-state index < -0.39 is 6.04 Å². The molecule has 1 saturated heterocycles. The van der Waals surface area contributed by atoms with Crippen molar-refractivity contribution in [2.75, 3.05) is 6.54 Å². The maximum Gasteiger partial charge on any atom is 0.251 e. The number of hydrogen-bond acceptors (Lipinski definition) is 6. The predicted molar refractivity (Wildman–Crippen MR) is 149 cm³/mol. The first-order chi connectivity index (χ1) is 18.9. The molecular weight excluding hydrogens is 512 g/mol. The summed E-state index contributed by atoms with van der Waals surface area (Å²) in [7, 11) is 0. The number of nitrogens with one attached hydrogen (secondary N) is 2. The highest BCUT2D eigenvalue weighted by Gasteiger charge is 2.64. The van der Waals surface area contributed by atoms with E-state index in [4.69, 9.17) is 4.74 Å². The van der Waals surface area contributed by atoms with Crippen molar-refractivity contribution < 1.29 is 19.1 Å². The molecule has 1 aliphatic carbocycles. The fourth-order valence-corrected chi connectivity index (χ4v) is 6.32. The zero-order valence-electron chi connectivity index (χ0n) is 21.4. The molecule has 3 atom stereocenters. The van der Waals surface area contributed by atoms with E-state index in [9.17, 15) is 14.4 Å². The number of rotatable bonds is 8. The summed E-state index contributed by atoms with van der Waals surface area (Å²) in [5.74, 6) is 0.407. The number of aromatic nitrogens is 1. The molecule has 4 aromatic rings. The monoisotopic (exact) mass is 540 g/mol. The van der Waals surface area contributed by atoms with Gasteiger partial charge in [0.25, 0.3) is 5.91 Å². The molecule has 1 aliphatic heterocycles. The summed E-state index contributed by atoms with van der Waals surface area (Å²) in [6.45, 7) is 2.33. The Kier molecular flexibility index (Phi) is 6.52. The van der Waals surface area contributed by atoms with Crippen molar-refractivity contribution in [3.63, 3.8) is 0 Å². The van der Waals surface area contributed by atoms with E-state index in [1.165, 1.54) is 0 Å². The van der Waals surface area contributed by atoms with Gasteiger partial charge in [-0.05, 0) is 60.7 Å². The summed E-state index contributed by atoms with van der Waals surface area (Å²) in [5.41, 5.74) is 0.343. The lowest BCUT2D eigenvalue weighted by atomic mass is 10.0. The molecule has 0 radical (unpaired) electrons. The van der Waals surface area contributed by atoms with Crippen LogP contribution in [-0.2, 0) is 16.1 Å². The molecular formula is C30H28N4O4S. The summed E-state index contributed by atoms with van der Waals surface area (Å²) >= 11 is 1.62. The molecule has 0 spiro atoms. The summed E-state index contributed by atoms with van der Waals surface area (Å²) in [6.07, 6.45) is 5.06. The fraction of sp³-hybridized carbons (Fsp3) is 0.267. The number of thiophene rings is 1. The number of carbonyl (C=O) groups is 3. The molecule has 2 aromatic carbocycles. The Balaban J connectivity index is 1.07. The van der Waals surface area contributed by atoms with Crippen LogP contribution in [-0.4, -0.2) is 46.2 Å².